The molecule has 0 radical (unpaired) electrons. The van der Waals surface area contributed by atoms with Gasteiger partial charge in [-0.3, -0.25) is 4.79 Å². The van der Waals surface area contributed by atoms with E-state index in [4.69, 9.17) is 5.73 Å². The third-order valence-corrected chi connectivity index (χ3v) is 5.84. The summed E-state index contributed by atoms with van der Waals surface area (Å²) in [5, 5.41) is 1.28. The summed E-state index contributed by atoms with van der Waals surface area (Å²) in [7, 11) is 0. The van der Waals surface area contributed by atoms with Crippen molar-refractivity contribution >= 4 is 27.8 Å². The molecule has 1 saturated heterocycles. The fourth-order valence-corrected chi connectivity index (χ4v) is 4.53. The maximum atomic E-state index is 11.8. The number of hydrogen-bond donors (Lipinski definition) is 1. The van der Waals surface area contributed by atoms with Gasteiger partial charge in [0.1, 0.15) is 0 Å². The Morgan fingerprint density at radius 2 is 2.10 bits per heavy atom. The van der Waals surface area contributed by atoms with E-state index in [2.05, 4.69) is 18.7 Å². The Bertz CT molecular complexity index is 543. The number of piperidine rings is 1. The van der Waals surface area contributed by atoms with Crippen LogP contribution in [0.2, 0.25) is 0 Å². The molecule has 2 N–H and O–H groups in total. The fraction of sp³-hybridized carbons (Fsp3) is 0.688. The maximum absolute atomic E-state index is 11.8. The molecule has 1 aromatic rings. The topological polar surface area (TPSA) is 46.3 Å². The Morgan fingerprint density at radius 3 is 2.65 bits per heavy atom. The molecule has 3 rings (SSSR count). The van der Waals surface area contributed by atoms with E-state index in [9.17, 15) is 4.79 Å². The first-order valence-corrected chi connectivity index (χ1v) is 8.39. The lowest BCUT2D eigenvalue weighted by molar-refractivity contribution is 0.102. The van der Waals surface area contributed by atoms with Crippen molar-refractivity contribution in [1.82, 2.24) is 0 Å². The second-order valence-electron chi connectivity index (χ2n) is 7.08. The van der Waals surface area contributed by atoms with E-state index in [-0.39, 0.29) is 5.78 Å². The van der Waals surface area contributed by atoms with Crippen LogP contribution in [0.1, 0.15) is 67.6 Å². The fourth-order valence-electron chi connectivity index (χ4n) is 3.30. The number of carbonyl (C=O) groups excluding carboxylic acids is 1. The number of anilines is 2. The predicted molar refractivity (Wildman–Crippen MR) is 85.9 cm³/mol. The Labute approximate surface area is 125 Å². The van der Waals surface area contributed by atoms with E-state index in [0.29, 0.717) is 11.3 Å². The average Bonchev–Trinajstić information content (AvgIpc) is 3.11. The Morgan fingerprint density at radius 1 is 1.40 bits per heavy atom. The Kier molecular flexibility index (Phi) is 3.32. The van der Waals surface area contributed by atoms with E-state index in [1.54, 1.807) is 18.3 Å². The second kappa shape index (κ2) is 4.76. The van der Waals surface area contributed by atoms with Crippen LogP contribution in [-0.2, 0) is 0 Å². The van der Waals surface area contributed by atoms with Gasteiger partial charge in [0.15, 0.2) is 5.78 Å². The van der Waals surface area contributed by atoms with Gasteiger partial charge in [-0.25, -0.2) is 0 Å². The maximum Gasteiger partial charge on any atom is 0.171 e. The molecule has 20 heavy (non-hydrogen) atoms. The van der Waals surface area contributed by atoms with Crippen molar-refractivity contribution in [1.29, 1.82) is 0 Å². The molecular formula is C16H24N2OS. The number of nitrogens with zero attached hydrogens (tertiary/aromatic N) is 1. The van der Waals surface area contributed by atoms with Crippen molar-refractivity contribution in [2.24, 2.45) is 5.41 Å². The smallest absolute Gasteiger partial charge is 0.171 e. The second-order valence-corrected chi connectivity index (χ2v) is 8.08. The highest BCUT2D eigenvalue weighted by Crippen LogP contribution is 2.52. The van der Waals surface area contributed by atoms with Gasteiger partial charge < -0.3 is 10.6 Å². The minimum absolute atomic E-state index is 0.108. The molecular weight excluding hydrogens is 268 g/mol. The highest BCUT2D eigenvalue weighted by atomic mass is 32.1. The first-order valence-electron chi connectivity index (χ1n) is 7.57. The summed E-state index contributed by atoms with van der Waals surface area (Å²) in [6, 6.07) is 0. The lowest BCUT2D eigenvalue weighted by Crippen LogP contribution is -2.40. The van der Waals surface area contributed by atoms with Gasteiger partial charge in [0.2, 0.25) is 0 Å². The standard InChI is InChI=1S/C16H24N2OS/c1-10(19)14-13(17)12(11-5-6-11)15(20-14)18-8-4-7-16(2,3)9-18/h11H,4-9,17H2,1-3H3. The molecule has 0 unspecified atom stereocenters. The third kappa shape index (κ3) is 2.46. The van der Waals surface area contributed by atoms with Crippen LogP contribution in [0.25, 0.3) is 0 Å². The number of thiophene rings is 1. The minimum atomic E-state index is 0.108. The molecule has 0 spiro atoms. The highest BCUT2D eigenvalue weighted by Gasteiger charge is 2.36. The van der Waals surface area contributed by atoms with Crippen molar-refractivity contribution in [2.45, 2.75) is 52.4 Å². The van der Waals surface area contributed by atoms with Gasteiger partial charge >= 0.3 is 0 Å². The van der Waals surface area contributed by atoms with Crippen LogP contribution in [0.15, 0.2) is 0 Å². The van der Waals surface area contributed by atoms with Crippen LogP contribution >= 0.6 is 11.3 Å². The van der Waals surface area contributed by atoms with Crippen molar-refractivity contribution in [2.75, 3.05) is 23.7 Å². The van der Waals surface area contributed by atoms with Gasteiger partial charge in [-0.15, -0.1) is 11.3 Å². The number of ketones is 1. The molecule has 2 aliphatic rings. The molecule has 0 amide bonds. The zero-order valence-electron chi connectivity index (χ0n) is 12.7. The summed E-state index contributed by atoms with van der Waals surface area (Å²) in [5.74, 6) is 0.705. The van der Waals surface area contributed by atoms with Crippen molar-refractivity contribution in [3.63, 3.8) is 0 Å². The minimum Gasteiger partial charge on any atom is -0.397 e. The van der Waals surface area contributed by atoms with Crippen LogP contribution in [0.4, 0.5) is 10.7 Å². The molecule has 0 aromatic carbocycles. The predicted octanol–water partition coefficient (Wildman–Crippen LogP) is 4.04. The highest BCUT2D eigenvalue weighted by molar-refractivity contribution is 7.18. The molecule has 1 aliphatic carbocycles. The molecule has 0 atom stereocenters. The number of carbonyl (C=O) groups is 1. The van der Waals surface area contributed by atoms with Gasteiger partial charge in [0.05, 0.1) is 15.6 Å². The lowest BCUT2D eigenvalue weighted by Gasteiger charge is -2.39. The summed E-state index contributed by atoms with van der Waals surface area (Å²) >= 11 is 1.62. The molecule has 2 heterocycles. The van der Waals surface area contributed by atoms with Crippen molar-refractivity contribution in [3.8, 4) is 0 Å². The van der Waals surface area contributed by atoms with Gasteiger partial charge in [0.25, 0.3) is 0 Å². The van der Waals surface area contributed by atoms with Crippen molar-refractivity contribution in [3.05, 3.63) is 10.4 Å². The first kappa shape index (κ1) is 13.9. The summed E-state index contributed by atoms with van der Waals surface area (Å²) < 4.78 is 0. The summed E-state index contributed by atoms with van der Waals surface area (Å²) in [6.07, 6.45) is 4.96. The Balaban J connectivity index is 1.99. The zero-order chi connectivity index (χ0) is 14.5. The molecule has 1 saturated carbocycles. The third-order valence-electron chi connectivity index (χ3n) is 4.46. The monoisotopic (exact) mass is 292 g/mol. The van der Waals surface area contributed by atoms with E-state index >= 15 is 0 Å². The van der Waals surface area contributed by atoms with Crippen molar-refractivity contribution < 1.29 is 4.79 Å². The number of Topliss-reactive ketones (excluding diaryl/α,β-unsaturated/α-hetero) is 1. The number of hydrogen-bond acceptors (Lipinski definition) is 4. The quantitative estimate of drug-likeness (QED) is 0.855. The Hall–Kier alpha value is -1.03. The number of nitrogens with two attached hydrogens (primary N) is 1. The lowest BCUT2D eigenvalue weighted by atomic mass is 9.84. The molecule has 0 bridgehead atoms. The first-order chi connectivity index (χ1) is 9.39. The normalized spacial score (nSPS) is 22.1. The van der Waals surface area contributed by atoms with E-state index in [0.717, 1.165) is 23.7 Å². The van der Waals surface area contributed by atoms with Crippen LogP contribution in [0, 0.1) is 5.41 Å². The largest absolute Gasteiger partial charge is 0.397 e. The van der Waals surface area contributed by atoms with Crippen LogP contribution < -0.4 is 10.6 Å². The molecule has 3 nitrogen and oxygen atoms in total. The van der Waals surface area contributed by atoms with Gasteiger partial charge in [-0.2, -0.15) is 0 Å². The summed E-state index contributed by atoms with van der Waals surface area (Å²) in [4.78, 5) is 15.0. The van der Waals surface area contributed by atoms with Crippen LogP contribution in [0.3, 0.4) is 0 Å². The number of nitrogen functional groups attached to an aromatic ring is 1. The zero-order valence-corrected chi connectivity index (χ0v) is 13.5. The van der Waals surface area contributed by atoms with Gasteiger partial charge in [0, 0.05) is 25.6 Å². The van der Waals surface area contributed by atoms with Gasteiger partial charge in [-0.1, -0.05) is 13.8 Å². The SMILES string of the molecule is CC(=O)c1sc(N2CCCC(C)(C)C2)c(C2CC2)c1N. The summed E-state index contributed by atoms with van der Waals surface area (Å²) in [6.45, 7) is 8.46. The average molecular weight is 292 g/mol. The number of rotatable bonds is 3. The summed E-state index contributed by atoms with van der Waals surface area (Å²) in [5.41, 5.74) is 8.68. The molecule has 4 heteroatoms. The molecule has 110 valence electrons. The van der Waals surface area contributed by atoms with Gasteiger partial charge in [-0.05, 0) is 37.0 Å². The van der Waals surface area contributed by atoms with Crippen LogP contribution in [-0.4, -0.2) is 18.9 Å². The molecule has 1 aromatic heterocycles. The van der Waals surface area contributed by atoms with Crippen LogP contribution in [0.5, 0.6) is 0 Å². The van der Waals surface area contributed by atoms with E-state index in [1.807, 2.05) is 0 Å². The molecule has 1 aliphatic heterocycles. The van der Waals surface area contributed by atoms with E-state index < -0.39 is 0 Å². The molecule has 2 fully saturated rings. The van der Waals surface area contributed by atoms with E-state index in [1.165, 1.54) is 36.2 Å².